The van der Waals surface area contributed by atoms with Crippen LogP contribution < -0.4 is 4.74 Å². The molecule has 0 aromatic heterocycles. The molecule has 0 aliphatic carbocycles. The molecule has 2 rings (SSSR count). The Morgan fingerprint density at radius 3 is 1.93 bits per heavy atom. The van der Waals surface area contributed by atoms with Crippen molar-refractivity contribution in [3.8, 4) is 5.75 Å². The number of alkyl halides is 1. The maximum Gasteiger partial charge on any atom is 0.303 e. The lowest BCUT2D eigenvalue weighted by Crippen LogP contribution is -2.63. The highest BCUT2D eigenvalue weighted by Crippen LogP contribution is 2.31. The van der Waals surface area contributed by atoms with Crippen molar-refractivity contribution in [3.05, 3.63) is 30.3 Å². The van der Waals surface area contributed by atoms with Gasteiger partial charge in [-0.25, -0.2) is 0 Å². The third-order valence-electron chi connectivity index (χ3n) is 3.64. The van der Waals surface area contributed by atoms with E-state index in [0.29, 0.717) is 10.2 Å². The van der Waals surface area contributed by atoms with Crippen LogP contribution in [0.3, 0.4) is 0 Å². The van der Waals surface area contributed by atoms with Gasteiger partial charge in [-0.15, -0.1) is 0 Å². The second kappa shape index (κ2) is 9.88. The molecular formula is C18H21IO8. The topological polar surface area (TPSA) is 97.4 Å². The number of para-hydroxylation sites is 1. The van der Waals surface area contributed by atoms with E-state index < -0.39 is 48.6 Å². The Morgan fingerprint density at radius 1 is 0.889 bits per heavy atom. The summed E-state index contributed by atoms with van der Waals surface area (Å²) in [6.07, 6.45) is -4.80. The first-order chi connectivity index (χ1) is 12.8. The molecule has 1 aromatic rings. The minimum Gasteiger partial charge on any atom is -0.461 e. The summed E-state index contributed by atoms with van der Waals surface area (Å²) >= 11 is 2.07. The minimum atomic E-state index is -1.12. The summed E-state index contributed by atoms with van der Waals surface area (Å²) in [5.74, 6) is -1.31. The Labute approximate surface area is 170 Å². The van der Waals surface area contributed by atoms with Crippen molar-refractivity contribution in [2.75, 3.05) is 4.43 Å². The second-order valence-corrected chi connectivity index (χ2v) is 6.73. The van der Waals surface area contributed by atoms with Gasteiger partial charge in [-0.05, 0) is 12.1 Å². The average molecular weight is 492 g/mol. The van der Waals surface area contributed by atoms with Crippen LogP contribution in [0.15, 0.2) is 30.3 Å². The van der Waals surface area contributed by atoms with Crippen LogP contribution in [0.5, 0.6) is 5.75 Å². The summed E-state index contributed by atoms with van der Waals surface area (Å²) < 4.78 is 28.2. The highest BCUT2D eigenvalue weighted by Gasteiger charge is 2.52. The molecule has 0 N–H and O–H groups in total. The lowest BCUT2D eigenvalue weighted by Gasteiger charge is -2.43. The summed E-state index contributed by atoms with van der Waals surface area (Å²) in [5.41, 5.74) is 0. The van der Waals surface area contributed by atoms with E-state index in [0.717, 1.165) is 0 Å². The Bertz CT molecular complexity index is 665. The van der Waals surface area contributed by atoms with Gasteiger partial charge in [-0.2, -0.15) is 0 Å². The molecule has 1 unspecified atom stereocenters. The van der Waals surface area contributed by atoms with Crippen LogP contribution in [-0.4, -0.2) is 53.0 Å². The molecular weight excluding hydrogens is 471 g/mol. The Balaban J connectivity index is 2.38. The number of halogens is 1. The van der Waals surface area contributed by atoms with E-state index in [-0.39, 0.29) is 0 Å². The molecule has 1 aliphatic heterocycles. The maximum atomic E-state index is 11.6. The summed E-state index contributed by atoms with van der Waals surface area (Å²) in [5, 5.41) is 0. The van der Waals surface area contributed by atoms with Gasteiger partial charge in [0.1, 0.15) is 11.9 Å². The van der Waals surface area contributed by atoms with E-state index in [1.54, 1.807) is 24.3 Å². The van der Waals surface area contributed by atoms with Crippen LogP contribution in [0, 0.1) is 0 Å². The lowest BCUT2D eigenvalue weighted by molar-refractivity contribution is -0.279. The van der Waals surface area contributed by atoms with Crippen LogP contribution in [0.4, 0.5) is 0 Å². The third-order valence-corrected chi connectivity index (χ3v) is 4.51. The van der Waals surface area contributed by atoms with Crippen LogP contribution in [0.25, 0.3) is 0 Å². The normalized spacial score (nSPS) is 27.3. The van der Waals surface area contributed by atoms with Crippen molar-refractivity contribution in [1.29, 1.82) is 0 Å². The zero-order valence-electron chi connectivity index (χ0n) is 15.1. The highest BCUT2D eigenvalue weighted by atomic mass is 127. The van der Waals surface area contributed by atoms with Crippen molar-refractivity contribution in [1.82, 2.24) is 0 Å². The third kappa shape index (κ3) is 6.06. The molecule has 1 fully saturated rings. The molecule has 1 saturated heterocycles. The number of hydrogen-bond acceptors (Lipinski definition) is 8. The molecule has 148 valence electrons. The van der Waals surface area contributed by atoms with E-state index >= 15 is 0 Å². The first kappa shape index (κ1) is 21.4. The van der Waals surface area contributed by atoms with Crippen LogP contribution in [0.2, 0.25) is 0 Å². The fourth-order valence-electron chi connectivity index (χ4n) is 2.71. The second-order valence-electron chi connectivity index (χ2n) is 5.85. The first-order valence-electron chi connectivity index (χ1n) is 8.26. The van der Waals surface area contributed by atoms with Crippen LogP contribution in [0.1, 0.15) is 20.8 Å². The van der Waals surface area contributed by atoms with Gasteiger partial charge in [-0.3, -0.25) is 14.4 Å². The summed E-state index contributed by atoms with van der Waals surface area (Å²) in [6, 6.07) is 8.81. The van der Waals surface area contributed by atoms with Crippen molar-refractivity contribution in [2.24, 2.45) is 0 Å². The quantitative estimate of drug-likeness (QED) is 0.258. The lowest BCUT2D eigenvalue weighted by atomic mass is 9.99. The predicted octanol–water partition coefficient (Wildman–Crippen LogP) is 2.02. The van der Waals surface area contributed by atoms with Gasteiger partial charge in [0.2, 0.25) is 12.4 Å². The molecule has 1 heterocycles. The van der Waals surface area contributed by atoms with Crippen molar-refractivity contribution >= 4 is 40.5 Å². The first-order valence-corrected chi connectivity index (χ1v) is 9.79. The van der Waals surface area contributed by atoms with E-state index in [9.17, 15) is 14.4 Å². The predicted molar refractivity (Wildman–Crippen MR) is 101 cm³/mol. The number of carbonyl (C=O) groups excluding carboxylic acids is 3. The van der Waals surface area contributed by atoms with Gasteiger partial charge >= 0.3 is 17.9 Å². The molecule has 0 spiro atoms. The standard InChI is InChI=1S/C18H21IO8/c1-10(20)23-15-14(9-19)27-18(26-13-7-5-4-6-8-13)17(25-12(3)22)16(15)24-11(2)21/h4-8,14-18H,9H2,1-3H3/t14-,15-,16+,17-,18?/m1/s1. The molecule has 9 heteroatoms. The number of carbonyl (C=O) groups is 3. The van der Waals surface area contributed by atoms with Crippen LogP contribution in [-0.2, 0) is 33.3 Å². The molecule has 0 bridgehead atoms. The van der Waals surface area contributed by atoms with Gasteiger partial charge < -0.3 is 23.7 Å². The van der Waals surface area contributed by atoms with Crippen molar-refractivity contribution < 1.29 is 38.1 Å². The number of esters is 3. The van der Waals surface area contributed by atoms with Gasteiger partial charge in [0.05, 0.1) is 0 Å². The Hall–Kier alpha value is -1.88. The van der Waals surface area contributed by atoms with E-state index in [1.807, 2.05) is 6.07 Å². The number of rotatable bonds is 6. The number of hydrogen-bond donors (Lipinski definition) is 0. The molecule has 1 aliphatic rings. The smallest absolute Gasteiger partial charge is 0.303 e. The fourth-order valence-corrected chi connectivity index (χ4v) is 3.42. The van der Waals surface area contributed by atoms with Crippen molar-refractivity contribution in [3.63, 3.8) is 0 Å². The Morgan fingerprint density at radius 2 is 1.41 bits per heavy atom. The molecule has 27 heavy (non-hydrogen) atoms. The maximum absolute atomic E-state index is 11.6. The summed E-state index contributed by atoms with van der Waals surface area (Å²) in [6.45, 7) is 3.68. The van der Waals surface area contributed by atoms with E-state index in [4.69, 9.17) is 23.7 Å². The fraction of sp³-hybridized carbons (Fsp3) is 0.500. The highest BCUT2D eigenvalue weighted by molar-refractivity contribution is 14.1. The summed E-state index contributed by atoms with van der Waals surface area (Å²) in [4.78, 5) is 34.8. The van der Waals surface area contributed by atoms with E-state index in [1.165, 1.54) is 20.8 Å². The number of ether oxygens (including phenoxy) is 5. The van der Waals surface area contributed by atoms with Gasteiger partial charge in [0.25, 0.3) is 0 Å². The zero-order valence-corrected chi connectivity index (χ0v) is 17.3. The monoisotopic (exact) mass is 492 g/mol. The average Bonchev–Trinajstić information content (AvgIpc) is 2.59. The SMILES string of the molecule is CC(=O)O[C@H]1[C@H](OC(C)=O)[C@@H](OC(C)=O)C(Oc2ccccc2)O[C@@H]1CI. The van der Waals surface area contributed by atoms with Crippen molar-refractivity contribution in [2.45, 2.75) is 51.5 Å². The summed E-state index contributed by atoms with van der Waals surface area (Å²) in [7, 11) is 0. The molecule has 5 atom stereocenters. The van der Waals surface area contributed by atoms with Gasteiger partial charge in [0, 0.05) is 25.2 Å². The van der Waals surface area contributed by atoms with Gasteiger partial charge in [-0.1, -0.05) is 40.8 Å². The molecule has 0 radical (unpaired) electrons. The molecule has 0 amide bonds. The van der Waals surface area contributed by atoms with E-state index in [2.05, 4.69) is 22.6 Å². The molecule has 0 saturated carbocycles. The Kier molecular flexibility index (Phi) is 7.84. The minimum absolute atomic E-state index is 0.426. The number of benzene rings is 1. The van der Waals surface area contributed by atoms with Gasteiger partial charge in [0.15, 0.2) is 12.2 Å². The van der Waals surface area contributed by atoms with Crippen LogP contribution >= 0.6 is 22.6 Å². The molecule has 8 nitrogen and oxygen atoms in total. The zero-order chi connectivity index (χ0) is 20.0. The molecule has 1 aromatic carbocycles. The largest absolute Gasteiger partial charge is 0.461 e.